The molecule has 0 amide bonds. The minimum absolute atomic E-state index is 0.350. The van der Waals surface area contributed by atoms with Crippen LogP contribution in [0.5, 0.6) is 5.75 Å². The highest BCUT2D eigenvalue weighted by Gasteiger charge is 2.09. The fourth-order valence-corrected chi connectivity index (χ4v) is 3.00. The molecule has 0 spiro atoms. The summed E-state index contributed by atoms with van der Waals surface area (Å²) in [5.74, 6) is 7.83. The average Bonchev–Trinajstić information content (AvgIpc) is 3.01. The van der Waals surface area contributed by atoms with Gasteiger partial charge in [0.1, 0.15) is 5.75 Å². The van der Waals surface area contributed by atoms with Crippen molar-refractivity contribution in [2.24, 2.45) is 5.10 Å². The van der Waals surface area contributed by atoms with Crippen LogP contribution < -0.4 is 16.0 Å². The summed E-state index contributed by atoms with van der Waals surface area (Å²) in [5.41, 5.74) is 4.79. The van der Waals surface area contributed by atoms with Crippen LogP contribution in [-0.2, 0) is 5.75 Å². The minimum atomic E-state index is 0.350. The maximum atomic E-state index is 6.01. The van der Waals surface area contributed by atoms with Crippen LogP contribution in [0.2, 0.25) is 5.02 Å². The molecule has 3 rings (SSSR count). The molecule has 0 aliphatic rings. The monoisotopic (exact) mass is 388 g/mol. The molecule has 0 aliphatic carbocycles. The molecule has 0 unspecified atom stereocenters. The summed E-state index contributed by atoms with van der Waals surface area (Å²) in [5, 5.41) is 13.5. The standard InChI is InChI=1S/C17H17ClN6OS/c1-25-15-4-2-3-13(9-15)10-20-21-16-22-23-17(24(16)19)26-11-12-5-7-14(18)8-6-12/h2-10H,11,19H2,1H3,(H,21,22)/b20-10+. The zero-order valence-corrected chi connectivity index (χ0v) is 15.5. The third-order valence-corrected chi connectivity index (χ3v) is 4.68. The number of nitrogens with one attached hydrogen (secondary N) is 1. The lowest BCUT2D eigenvalue weighted by Gasteiger charge is -2.03. The molecule has 1 aromatic heterocycles. The van der Waals surface area contributed by atoms with Gasteiger partial charge in [-0.15, -0.1) is 10.2 Å². The van der Waals surface area contributed by atoms with E-state index in [0.717, 1.165) is 16.9 Å². The molecular formula is C17H17ClN6OS. The number of thioether (sulfide) groups is 1. The van der Waals surface area contributed by atoms with E-state index in [4.69, 9.17) is 22.2 Å². The second kappa shape index (κ2) is 8.59. The van der Waals surface area contributed by atoms with Gasteiger partial charge in [-0.2, -0.15) is 5.10 Å². The van der Waals surface area contributed by atoms with Gasteiger partial charge in [-0.05, 0) is 35.4 Å². The van der Waals surface area contributed by atoms with Crippen molar-refractivity contribution >= 4 is 35.5 Å². The first-order chi connectivity index (χ1) is 12.7. The lowest BCUT2D eigenvalue weighted by atomic mass is 10.2. The van der Waals surface area contributed by atoms with E-state index in [-0.39, 0.29) is 0 Å². The second-order valence-corrected chi connectivity index (χ2v) is 6.62. The third-order valence-electron chi connectivity index (χ3n) is 3.42. The molecule has 3 aromatic rings. The second-order valence-electron chi connectivity index (χ2n) is 5.24. The number of halogens is 1. The van der Waals surface area contributed by atoms with E-state index in [1.165, 1.54) is 16.4 Å². The highest BCUT2D eigenvalue weighted by molar-refractivity contribution is 7.98. The number of anilines is 1. The smallest absolute Gasteiger partial charge is 0.264 e. The van der Waals surface area contributed by atoms with Crippen molar-refractivity contribution in [1.29, 1.82) is 0 Å². The molecule has 0 saturated heterocycles. The molecule has 134 valence electrons. The first-order valence-electron chi connectivity index (χ1n) is 7.66. The Morgan fingerprint density at radius 3 is 2.85 bits per heavy atom. The molecule has 0 fully saturated rings. The third kappa shape index (κ3) is 4.68. The Hall–Kier alpha value is -2.71. The zero-order chi connectivity index (χ0) is 18.4. The highest BCUT2D eigenvalue weighted by atomic mass is 35.5. The molecule has 7 nitrogen and oxygen atoms in total. The fraction of sp³-hybridized carbons (Fsp3) is 0.118. The number of nitrogen functional groups attached to an aromatic ring is 1. The predicted molar refractivity (Wildman–Crippen MR) is 105 cm³/mol. The number of nitrogens with zero attached hydrogens (tertiary/aromatic N) is 4. The van der Waals surface area contributed by atoms with Crippen molar-refractivity contribution in [2.75, 3.05) is 18.4 Å². The molecule has 1 heterocycles. The van der Waals surface area contributed by atoms with Crippen molar-refractivity contribution in [2.45, 2.75) is 10.9 Å². The minimum Gasteiger partial charge on any atom is -0.497 e. The molecule has 9 heteroatoms. The first kappa shape index (κ1) is 18.1. The van der Waals surface area contributed by atoms with E-state index in [1.54, 1.807) is 13.3 Å². The Balaban J connectivity index is 1.59. The van der Waals surface area contributed by atoms with Crippen molar-refractivity contribution in [3.8, 4) is 5.75 Å². The molecule has 3 N–H and O–H groups in total. The van der Waals surface area contributed by atoms with Crippen molar-refractivity contribution in [1.82, 2.24) is 14.9 Å². The van der Waals surface area contributed by atoms with Crippen LogP contribution in [-0.4, -0.2) is 28.2 Å². The normalized spacial score (nSPS) is 11.0. The average molecular weight is 389 g/mol. The van der Waals surface area contributed by atoms with Gasteiger partial charge in [0.25, 0.3) is 5.95 Å². The highest BCUT2D eigenvalue weighted by Crippen LogP contribution is 2.22. The van der Waals surface area contributed by atoms with Gasteiger partial charge in [0, 0.05) is 10.8 Å². The van der Waals surface area contributed by atoms with E-state index in [1.807, 2.05) is 48.5 Å². The van der Waals surface area contributed by atoms with Crippen LogP contribution in [0, 0.1) is 0 Å². The van der Waals surface area contributed by atoms with Crippen molar-refractivity contribution in [3.05, 3.63) is 64.7 Å². The number of hydrazone groups is 1. The quantitative estimate of drug-likeness (QED) is 0.279. The summed E-state index contributed by atoms with van der Waals surface area (Å²) in [4.78, 5) is 0. The maximum Gasteiger partial charge on any atom is 0.264 e. The number of hydrogen-bond donors (Lipinski definition) is 2. The summed E-state index contributed by atoms with van der Waals surface area (Å²) in [6.07, 6.45) is 1.65. The molecular weight excluding hydrogens is 372 g/mol. The van der Waals surface area contributed by atoms with Gasteiger partial charge < -0.3 is 10.6 Å². The predicted octanol–water partition coefficient (Wildman–Crippen LogP) is 3.39. The Kier molecular flexibility index (Phi) is 5.98. The Labute approximate surface area is 160 Å². The molecule has 0 bridgehead atoms. The van der Waals surface area contributed by atoms with Gasteiger partial charge in [0.15, 0.2) is 0 Å². The number of hydrogen-bond acceptors (Lipinski definition) is 7. The van der Waals surface area contributed by atoms with Crippen LogP contribution in [0.15, 0.2) is 58.8 Å². The van der Waals surface area contributed by atoms with Gasteiger partial charge >= 0.3 is 0 Å². The van der Waals surface area contributed by atoms with Gasteiger partial charge in [-0.25, -0.2) is 10.1 Å². The Morgan fingerprint density at radius 1 is 1.27 bits per heavy atom. The van der Waals surface area contributed by atoms with Crippen LogP contribution >= 0.6 is 23.4 Å². The molecule has 26 heavy (non-hydrogen) atoms. The van der Waals surface area contributed by atoms with E-state index < -0.39 is 0 Å². The van der Waals surface area contributed by atoms with Crippen molar-refractivity contribution < 1.29 is 4.74 Å². The largest absolute Gasteiger partial charge is 0.497 e. The molecule has 0 radical (unpaired) electrons. The lowest BCUT2D eigenvalue weighted by molar-refractivity contribution is 0.415. The summed E-state index contributed by atoms with van der Waals surface area (Å²) >= 11 is 7.36. The molecule has 0 saturated carbocycles. The topological polar surface area (TPSA) is 90.3 Å². The maximum absolute atomic E-state index is 6.01. The summed E-state index contributed by atoms with van der Waals surface area (Å²) in [6.45, 7) is 0. The molecule has 0 atom stereocenters. The van der Waals surface area contributed by atoms with Gasteiger partial charge in [-0.1, -0.05) is 47.6 Å². The van der Waals surface area contributed by atoms with E-state index in [2.05, 4.69) is 20.7 Å². The van der Waals surface area contributed by atoms with Crippen LogP contribution in [0.4, 0.5) is 5.95 Å². The Morgan fingerprint density at radius 2 is 2.08 bits per heavy atom. The van der Waals surface area contributed by atoms with E-state index in [0.29, 0.717) is 21.9 Å². The first-order valence-corrected chi connectivity index (χ1v) is 9.03. The van der Waals surface area contributed by atoms with Crippen LogP contribution in [0.3, 0.4) is 0 Å². The molecule has 2 aromatic carbocycles. The van der Waals surface area contributed by atoms with Crippen molar-refractivity contribution in [3.63, 3.8) is 0 Å². The summed E-state index contributed by atoms with van der Waals surface area (Å²) in [7, 11) is 1.62. The number of rotatable bonds is 7. The number of methoxy groups -OCH3 is 1. The van der Waals surface area contributed by atoms with Crippen LogP contribution in [0.1, 0.15) is 11.1 Å². The lowest BCUT2D eigenvalue weighted by Crippen LogP contribution is -2.13. The van der Waals surface area contributed by atoms with E-state index >= 15 is 0 Å². The summed E-state index contributed by atoms with van der Waals surface area (Å²) < 4.78 is 6.54. The number of nitrogens with two attached hydrogens (primary N) is 1. The Bertz CT molecular complexity index is 897. The number of benzene rings is 2. The number of aromatic nitrogens is 3. The summed E-state index contributed by atoms with van der Waals surface area (Å²) in [6, 6.07) is 15.2. The van der Waals surface area contributed by atoms with Gasteiger partial charge in [0.2, 0.25) is 5.16 Å². The molecule has 0 aliphatic heterocycles. The zero-order valence-electron chi connectivity index (χ0n) is 14.0. The number of ether oxygens (including phenoxy) is 1. The fourth-order valence-electron chi connectivity index (χ4n) is 2.07. The SMILES string of the molecule is COc1cccc(/C=N/Nc2nnc(SCc3ccc(Cl)cc3)n2N)c1. The van der Waals surface area contributed by atoms with Gasteiger partial charge in [0.05, 0.1) is 13.3 Å². The van der Waals surface area contributed by atoms with E-state index in [9.17, 15) is 0 Å². The van der Waals surface area contributed by atoms with Gasteiger partial charge in [-0.3, -0.25) is 0 Å². The van der Waals surface area contributed by atoms with Crippen LogP contribution in [0.25, 0.3) is 0 Å².